The van der Waals surface area contributed by atoms with Gasteiger partial charge in [-0.05, 0) is 62.3 Å². The van der Waals surface area contributed by atoms with E-state index in [2.05, 4.69) is 34.5 Å². The fraction of sp³-hybridized carbons (Fsp3) is 0.647. The third-order valence-electron chi connectivity index (χ3n) is 4.68. The summed E-state index contributed by atoms with van der Waals surface area (Å²) in [5.74, 6) is 0.661. The Morgan fingerprint density at radius 2 is 1.85 bits per heavy atom. The highest BCUT2D eigenvalue weighted by molar-refractivity contribution is 5.48. The maximum atomic E-state index is 9.52. The van der Waals surface area contributed by atoms with Crippen molar-refractivity contribution < 1.29 is 5.11 Å². The fourth-order valence-corrected chi connectivity index (χ4v) is 3.45. The lowest BCUT2D eigenvalue weighted by Crippen LogP contribution is -2.21. The lowest BCUT2D eigenvalue weighted by atomic mass is 10.1. The molecule has 1 heterocycles. The molecular weight excluding hydrogens is 248 g/mol. The first-order chi connectivity index (χ1) is 9.81. The van der Waals surface area contributed by atoms with E-state index in [9.17, 15) is 5.11 Å². The second-order valence-electron chi connectivity index (χ2n) is 6.32. The summed E-state index contributed by atoms with van der Waals surface area (Å²) in [7, 11) is 0. The van der Waals surface area contributed by atoms with E-state index >= 15 is 0 Å². The molecule has 1 aromatic carbocycles. The predicted octanol–water partition coefficient (Wildman–Crippen LogP) is 2.54. The maximum absolute atomic E-state index is 9.52. The predicted molar refractivity (Wildman–Crippen MR) is 82.9 cm³/mol. The van der Waals surface area contributed by atoms with Gasteiger partial charge in [0.2, 0.25) is 0 Å². The van der Waals surface area contributed by atoms with Crippen LogP contribution in [0, 0.1) is 5.92 Å². The molecule has 0 amide bonds. The van der Waals surface area contributed by atoms with Gasteiger partial charge in [0.25, 0.3) is 0 Å². The number of nitrogens with zero attached hydrogens (tertiary/aromatic N) is 1. The summed E-state index contributed by atoms with van der Waals surface area (Å²) in [6, 6.07) is 8.98. The van der Waals surface area contributed by atoms with Crippen LogP contribution in [0.2, 0.25) is 0 Å². The Kier molecular flexibility index (Phi) is 4.58. The van der Waals surface area contributed by atoms with Crippen molar-refractivity contribution in [3.63, 3.8) is 0 Å². The van der Waals surface area contributed by atoms with Crippen LogP contribution in [0.25, 0.3) is 0 Å². The Hall–Kier alpha value is -1.06. The van der Waals surface area contributed by atoms with Crippen LogP contribution in [-0.4, -0.2) is 30.8 Å². The molecule has 0 spiro atoms. The van der Waals surface area contributed by atoms with Gasteiger partial charge < -0.3 is 15.3 Å². The number of anilines is 1. The van der Waals surface area contributed by atoms with Gasteiger partial charge in [0.15, 0.2) is 0 Å². The molecule has 2 unspecified atom stereocenters. The van der Waals surface area contributed by atoms with Gasteiger partial charge in [0.1, 0.15) is 0 Å². The van der Waals surface area contributed by atoms with Gasteiger partial charge >= 0.3 is 0 Å². The Labute approximate surface area is 122 Å². The van der Waals surface area contributed by atoms with Crippen molar-refractivity contribution in [2.24, 2.45) is 5.92 Å². The number of rotatable bonds is 5. The molecule has 2 aliphatic rings. The molecule has 1 saturated carbocycles. The highest BCUT2D eigenvalue weighted by Gasteiger charge is 2.21. The van der Waals surface area contributed by atoms with Crippen LogP contribution < -0.4 is 10.2 Å². The molecular formula is C17H26N2O. The molecule has 1 aromatic rings. The molecule has 0 aromatic heterocycles. The van der Waals surface area contributed by atoms with E-state index in [0.717, 1.165) is 25.9 Å². The maximum Gasteiger partial charge on any atom is 0.0543 e. The van der Waals surface area contributed by atoms with Crippen LogP contribution >= 0.6 is 0 Å². The van der Waals surface area contributed by atoms with Crippen LogP contribution in [0.5, 0.6) is 0 Å². The molecule has 110 valence electrons. The molecule has 20 heavy (non-hydrogen) atoms. The van der Waals surface area contributed by atoms with E-state index in [0.29, 0.717) is 5.92 Å². The molecule has 1 saturated heterocycles. The Balaban J connectivity index is 1.43. The van der Waals surface area contributed by atoms with Crippen molar-refractivity contribution in [1.82, 2.24) is 5.32 Å². The average Bonchev–Trinajstić information content (AvgIpc) is 3.11. The van der Waals surface area contributed by atoms with Crippen LogP contribution in [0.1, 0.15) is 37.7 Å². The lowest BCUT2D eigenvalue weighted by Gasteiger charge is -2.18. The fourth-order valence-electron chi connectivity index (χ4n) is 3.45. The topological polar surface area (TPSA) is 35.5 Å². The summed E-state index contributed by atoms with van der Waals surface area (Å²) < 4.78 is 0. The number of aliphatic hydroxyl groups is 1. The van der Waals surface area contributed by atoms with Gasteiger partial charge in [0, 0.05) is 25.3 Å². The normalized spacial score (nSPS) is 26.4. The molecule has 0 bridgehead atoms. The van der Waals surface area contributed by atoms with Crippen molar-refractivity contribution in [3.05, 3.63) is 29.8 Å². The van der Waals surface area contributed by atoms with Gasteiger partial charge in [-0.15, -0.1) is 0 Å². The van der Waals surface area contributed by atoms with Gasteiger partial charge in [-0.2, -0.15) is 0 Å². The molecule has 3 heteroatoms. The van der Waals surface area contributed by atoms with Gasteiger partial charge in [0.05, 0.1) is 6.10 Å². The first kappa shape index (κ1) is 13.9. The first-order valence-electron chi connectivity index (χ1n) is 8.04. The smallest absolute Gasteiger partial charge is 0.0543 e. The molecule has 2 atom stereocenters. The summed E-state index contributed by atoms with van der Waals surface area (Å²) in [5, 5.41) is 13.0. The zero-order valence-corrected chi connectivity index (χ0v) is 12.2. The van der Waals surface area contributed by atoms with Crippen molar-refractivity contribution in [1.29, 1.82) is 0 Å². The van der Waals surface area contributed by atoms with Crippen molar-refractivity contribution >= 4 is 5.69 Å². The Morgan fingerprint density at radius 3 is 2.50 bits per heavy atom. The van der Waals surface area contributed by atoms with Gasteiger partial charge in [-0.3, -0.25) is 0 Å². The van der Waals surface area contributed by atoms with Crippen LogP contribution in [-0.2, 0) is 6.54 Å². The number of hydrogen-bond donors (Lipinski definition) is 2. The number of hydrogen-bond acceptors (Lipinski definition) is 3. The average molecular weight is 274 g/mol. The summed E-state index contributed by atoms with van der Waals surface area (Å²) >= 11 is 0. The Morgan fingerprint density at radius 1 is 1.10 bits per heavy atom. The summed E-state index contributed by atoms with van der Waals surface area (Å²) in [6.07, 6.45) is 5.73. The minimum atomic E-state index is -0.0541. The molecule has 2 N–H and O–H groups in total. The van der Waals surface area contributed by atoms with E-state index in [-0.39, 0.29) is 6.10 Å². The number of nitrogens with one attached hydrogen (secondary N) is 1. The Bertz CT molecular complexity index is 412. The number of aliphatic hydroxyl groups excluding tert-OH is 1. The second-order valence-corrected chi connectivity index (χ2v) is 6.32. The highest BCUT2D eigenvalue weighted by Crippen LogP contribution is 2.24. The first-order valence-corrected chi connectivity index (χ1v) is 8.04. The highest BCUT2D eigenvalue weighted by atomic mass is 16.3. The standard InChI is InChI=1S/C17H26N2O/c20-17-8-5-15(11-17)13-18-12-14-3-6-16(7-4-14)19-9-1-2-10-19/h3-4,6-7,15,17-18,20H,1-2,5,8-13H2. The molecule has 3 nitrogen and oxygen atoms in total. The quantitative estimate of drug-likeness (QED) is 0.866. The number of benzene rings is 1. The zero-order valence-electron chi connectivity index (χ0n) is 12.2. The van der Waals surface area contributed by atoms with Crippen molar-refractivity contribution in [2.75, 3.05) is 24.5 Å². The summed E-state index contributed by atoms with van der Waals surface area (Å²) in [6.45, 7) is 4.39. The monoisotopic (exact) mass is 274 g/mol. The van der Waals surface area contributed by atoms with E-state index in [1.54, 1.807) is 0 Å². The van der Waals surface area contributed by atoms with E-state index in [1.807, 2.05) is 0 Å². The third kappa shape index (κ3) is 3.53. The van der Waals surface area contributed by atoms with E-state index in [1.165, 1.54) is 43.6 Å². The van der Waals surface area contributed by atoms with Crippen LogP contribution in [0.15, 0.2) is 24.3 Å². The molecule has 0 radical (unpaired) electrons. The van der Waals surface area contributed by atoms with E-state index < -0.39 is 0 Å². The lowest BCUT2D eigenvalue weighted by molar-refractivity contribution is 0.177. The van der Waals surface area contributed by atoms with Gasteiger partial charge in [-0.25, -0.2) is 0 Å². The van der Waals surface area contributed by atoms with Crippen molar-refractivity contribution in [3.8, 4) is 0 Å². The molecule has 1 aliphatic carbocycles. The van der Waals surface area contributed by atoms with Crippen molar-refractivity contribution in [2.45, 2.75) is 44.8 Å². The van der Waals surface area contributed by atoms with Crippen LogP contribution in [0.4, 0.5) is 5.69 Å². The minimum absolute atomic E-state index is 0.0541. The summed E-state index contributed by atoms with van der Waals surface area (Å²) in [5.41, 5.74) is 2.72. The molecule has 2 fully saturated rings. The van der Waals surface area contributed by atoms with E-state index in [4.69, 9.17) is 0 Å². The van der Waals surface area contributed by atoms with Gasteiger partial charge in [-0.1, -0.05) is 12.1 Å². The zero-order chi connectivity index (χ0) is 13.8. The largest absolute Gasteiger partial charge is 0.393 e. The van der Waals surface area contributed by atoms with Crippen LogP contribution in [0.3, 0.4) is 0 Å². The minimum Gasteiger partial charge on any atom is -0.393 e. The third-order valence-corrected chi connectivity index (χ3v) is 4.68. The summed E-state index contributed by atoms with van der Waals surface area (Å²) in [4.78, 5) is 2.47. The molecule has 1 aliphatic heterocycles. The molecule has 3 rings (SSSR count). The SMILES string of the molecule is OC1CCC(CNCc2ccc(N3CCCC3)cc2)C1. The second kappa shape index (κ2) is 6.59.